The first kappa shape index (κ1) is 18.1. The van der Waals surface area contributed by atoms with Crippen LogP contribution in [0.1, 0.15) is 24.3 Å². The largest absolute Gasteiger partial charge is 0.494 e. The third-order valence-corrected chi connectivity index (χ3v) is 5.19. The van der Waals surface area contributed by atoms with Crippen molar-refractivity contribution in [3.63, 3.8) is 0 Å². The number of hydrogen-bond acceptors (Lipinski definition) is 8. The Kier molecular flexibility index (Phi) is 5.05. The predicted molar refractivity (Wildman–Crippen MR) is 90.9 cm³/mol. The lowest BCUT2D eigenvalue weighted by atomic mass is 10.2. The zero-order valence-corrected chi connectivity index (χ0v) is 15.3. The van der Waals surface area contributed by atoms with E-state index in [1.54, 1.807) is 31.2 Å². The average molecular weight is 378 g/mol. The number of sulfonamides is 1. The third kappa shape index (κ3) is 3.75. The second-order valence-electron chi connectivity index (χ2n) is 5.45. The minimum atomic E-state index is -3.79. The number of ether oxygens (including phenoxy) is 1. The van der Waals surface area contributed by atoms with E-state index in [-0.39, 0.29) is 28.8 Å². The molecule has 0 amide bonds. The van der Waals surface area contributed by atoms with Crippen molar-refractivity contribution in [2.45, 2.75) is 32.2 Å². The van der Waals surface area contributed by atoms with Crippen LogP contribution in [0, 0.1) is 13.8 Å². The lowest BCUT2D eigenvalue weighted by Crippen LogP contribution is -2.24. The van der Waals surface area contributed by atoms with Gasteiger partial charge in [0.1, 0.15) is 16.3 Å². The second kappa shape index (κ2) is 7.26. The van der Waals surface area contributed by atoms with Gasteiger partial charge in [-0.2, -0.15) is 4.98 Å². The van der Waals surface area contributed by atoms with E-state index in [2.05, 4.69) is 20.0 Å². The molecule has 3 rings (SSSR count). The van der Waals surface area contributed by atoms with Crippen molar-refractivity contribution in [1.29, 1.82) is 0 Å². The number of aromatic nitrogens is 3. The molecule has 1 aromatic carbocycles. The van der Waals surface area contributed by atoms with E-state index >= 15 is 0 Å². The summed E-state index contributed by atoms with van der Waals surface area (Å²) in [6.45, 7) is 5.43. The number of aryl methyl sites for hydroxylation is 2. The molecule has 0 aliphatic carbocycles. The predicted octanol–water partition coefficient (Wildman–Crippen LogP) is 2.22. The molecule has 0 saturated heterocycles. The maximum atomic E-state index is 12.4. The van der Waals surface area contributed by atoms with Gasteiger partial charge in [0.05, 0.1) is 13.2 Å². The van der Waals surface area contributed by atoms with Crippen LogP contribution in [-0.4, -0.2) is 30.3 Å². The third-order valence-electron chi connectivity index (χ3n) is 3.54. The minimum absolute atomic E-state index is 0.0174. The fourth-order valence-corrected chi connectivity index (χ4v) is 3.70. The van der Waals surface area contributed by atoms with E-state index in [9.17, 15) is 8.42 Å². The van der Waals surface area contributed by atoms with Crippen LogP contribution >= 0.6 is 0 Å². The smallest absolute Gasteiger partial charge is 0.246 e. The second-order valence-corrected chi connectivity index (χ2v) is 7.15. The van der Waals surface area contributed by atoms with Gasteiger partial charge in [-0.1, -0.05) is 10.3 Å². The van der Waals surface area contributed by atoms with Crippen molar-refractivity contribution in [2.24, 2.45) is 0 Å². The summed E-state index contributed by atoms with van der Waals surface area (Å²) in [6.07, 6.45) is 0. The Labute approximate surface area is 150 Å². The molecule has 26 heavy (non-hydrogen) atoms. The molecule has 9 nitrogen and oxygen atoms in total. The van der Waals surface area contributed by atoms with E-state index in [0.29, 0.717) is 12.4 Å². The lowest BCUT2D eigenvalue weighted by Gasteiger charge is -2.03. The Morgan fingerprint density at radius 1 is 1.12 bits per heavy atom. The molecular formula is C16H18N4O5S. The molecule has 0 fully saturated rings. The minimum Gasteiger partial charge on any atom is -0.494 e. The summed E-state index contributed by atoms with van der Waals surface area (Å²) < 4.78 is 42.5. The van der Waals surface area contributed by atoms with Crippen LogP contribution in [0.5, 0.6) is 5.75 Å². The van der Waals surface area contributed by atoms with Crippen LogP contribution in [0.4, 0.5) is 0 Å². The highest BCUT2D eigenvalue weighted by Gasteiger charge is 2.24. The molecule has 10 heteroatoms. The van der Waals surface area contributed by atoms with Crippen LogP contribution in [0.2, 0.25) is 0 Å². The first-order chi connectivity index (χ1) is 12.4. The highest BCUT2D eigenvalue weighted by Crippen LogP contribution is 2.21. The van der Waals surface area contributed by atoms with Crippen LogP contribution in [0.15, 0.2) is 38.2 Å². The molecule has 0 bridgehead atoms. The SMILES string of the molecule is CCOc1ccc(-c2noc(CNS(=O)(=O)c3c(C)noc3C)n2)cc1. The van der Waals surface area contributed by atoms with Gasteiger partial charge < -0.3 is 13.8 Å². The van der Waals surface area contributed by atoms with Gasteiger partial charge in [0.2, 0.25) is 21.7 Å². The van der Waals surface area contributed by atoms with Gasteiger partial charge in [0, 0.05) is 5.56 Å². The van der Waals surface area contributed by atoms with Crippen molar-refractivity contribution >= 4 is 10.0 Å². The van der Waals surface area contributed by atoms with E-state index in [0.717, 1.165) is 11.3 Å². The highest BCUT2D eigenvalue weighted by atomic mass is 32.2. The van der Waals surface area contributed by atoms with Gasteiger partial charge in [-0.25, -0.2) is 13.1 Å². The van der Waals surface area contributed by atoms with E-state index in [4.69, 9.17) is 13.8 Å². The Hall–Kier alpha value is -2.72. The first-order valence-corrected chi connectivity index (χ1v) is 9.37. The summed E-state index contributed by atoms with van der Waals surface area (Å²) >= 11 is 0. The van der Waals surface area contributed by atoms with Crippen molar-refractivity contribution in [1.82, 2.24) is 20.0 Å². The molecule has 0 radical (unpaired) electrons. The Bertz CT molecular complexity index is 973. The van der Waals surface area contributed by atoms with Crippen LogP contribution < -0.4 is 9.46 Å². The Morgan fingerprint density at radius 2 is 1.85 bits per heavy atom. The van der Waals surface area contributed by atoms with Gasteiger partial charge in [0.15, 0.2) is 5.76 Å². The van der Waals surface area contributed by atoms with Gasteiger partial charge in [-0.05, 0) is 45.0 Å². The fraction of sp³-hybridized carbons (Fsp3) is 0.312. The molecule has 1 N–H and O–H groups in total. The van der Waals surface area contributed by atoms with Gasteiger partial charge in [-0.15, -0.1) is 0 Å². The standard InChI is InChI=1S/C16H18N4O5S/c1-4-23-13-7-5-12(6-8-13)16-18-14(25-20-16)9-17-26(21,22)15-10(2)19-24-11(15)3/h5-8,17H,4,9H2,1-3H3. The van der Waals surface area contributed by atoms with Gasteiger partial charge >= 0.3 is 0 Å². The molecule has 0 spiro atoms. The maximum Gasteiger partial charge on any atom is 0.246 e. The Morgan fingerprint density at radius 3 is 2.46 bits per heavy atom. The molecule has 0 atom stereocenters. The molecule has 0 aliphatic rings. The summed E-state index contributed by atoms with van der Waals surface area (Å²) in [7, 11) is -3.79. The molecule has 2 heterocycles. The fourth-order valence-electron chi connectivity index (χ4n) is 2.40. The molecule has 0 unspecified atom stereocenters. The van der Waals surface area contributed by atoms with Crippen molar-refractivity contribution in [2.75, 3.05) is 6.61 Å². The number of nitrogens with one attached hydrogen (secondary N) is 1. The summed E-state index contributed by atoms with van der Waals surface area (Å²) in [5, 5.41) is 7.51. The number of nitrogens with zero attached hydrogens (tertiary/aromatic N) is 3. The zero-order chi connectivity index (χ0) is 18.7. The molecule has 0 aliphatic heterocycles. The Balaban J connectivity index is 1.71. The highest BCUT2D eigenvalue weighted by molar-refractivity contribution is 7.89. The lowest BCUT2D eigenvalue weighted by molar-refractivity contribution is 0.340. The van der Waals surface area contributed by atoms with E-state index in [1.807, 2.05) is 6.92 Å². The molecule has 2 aromatic heterocycles. The topological polar surface area (TPSA) is 120 Å². The van der Waals surface area contributed by atoms with Crippen molar-refractivity contribution in [3.05, 3.63) is 41.6 Å². The average Bonchev–Trinajstić information content (AvgIpc) is 3.21. The quantitative estimate of drug-likeness (QED) is 0.664. The van der Waals surface area contributed by atoms with E-state index in [1.165, 1.54) is 6.92 Å². The molecule has 138 valence electrons. The molecule has 3 aromatic rings. The molecular weight excluding hydrogens is 360 g/mol. The van der Waals surface area contributed by atoms with Gasteiger partial charge in [-0.3, -0.25) is 0 Å². The first-order valence-electron chi connectivity index (χ1n) is 7.89. The number of hydrogen-bond donors (Lipinski definition) is 1. The monoisotopic (exact) mass is 378 g/mol. The summed E-state index contributed by atoms with van der Waals surface area (Å²) in [5.41, 5.74) is 1.02. The summed E-state index contributed by atoms with van der Waals surface area (Å²) in [4.78, 5) is 4.22. The maximum absolute atomic E-state index is 12.4. The number of rotatable bonds is 7. The van der Waals surface area contributed by atoms with Crippen LogP contribution in [0.25, 0.3) is 11.4 Å². The number of benzene rings is 1. The zero-order valence-electron chi connectivity index (χ0n) is 14.5. The van der Waals surface area contributed by atoms with Gasteiger partial charge in [0.25, 0.3) is 0 Å². The van der Waals surface area contributed by atoms with Crippen molar-refractivity contribution in [3.8, 4) is 17.1 Å². The normalized spacial score (nSPS) is 11.7. The van der Waals surface area contributed by atoms with E-state index < -0.39 is 10.0 Å². The van der Waals surface area contributed by atoms with Crippen molar-refractivity contribution < 1.29 is 22.2 Å². The molecule has 0 saturated carbocycles. The summed E-state index contributed by atoms with van der Waals surface area (Å²) in [5.74, 6) is 1.46. The van der Waals surface area contributed by atoms with Crippen LogP contribution in [0.3, 0.4) is 0 Å². The summed E-state index contributed by atoms with van der Waals surface area (Å²) in [6, 6.07) is 7.20. The van der Waals surface area contributed by atoms with Crippen LogP contribution in [-0.2, 0) is 16.6 Å².